The minimum absolute atomic E-state index is 0.252. The molecular formula is C9H15N3O. The van der Waals surface area contributed by atoms with Crippen LogP contribution in [0.2, 0.25) is 0 Å². The van der Waals surface area contributed by atoms with Crippen LogP contribution in [0.4, 0.5) is 0 Å². The Morgan fingerprint density at radius 3 is 3.08 bits per heavy atom. The highest BCUT2D eigenvalue weighted by molar-refractivity contribution is 5.81. The normalized spacial score (nSPS) is 22.5. The van der Waals surface area contributed by atoms with Gasteiger partial charge in [-0.15, -0.1) is 0 Å². The van der Waals surface area contributed by atoms with Gasteiger partial charge < -0.3 is 0 Å². The van der Waals surface area contributed by atoms with Crippen molar-refractivity contribution in [3.63, 3.8) is 0 Å². The van der Waals surface area contributed by atoms with Crippen LogP contribution in [-0.2, 0) is 4.79 Å². The van der Waals surface area contributed by atoms with Crippen molar-refractivity contribution in [1.29, 1.82) is 0 Å². The zero-order valence-corrected chi connectivity index (χ0v) is 7.78. The monoisotopic (exact) mass is 181 g/mol. The molecule has 0 aromatic carbocycles. The summed E-state index contributed by atoms with van der Waals surface area (Å²) in [6.45, 7) is 0.528. The molecule has 13 heavy (non-hydrogen) atoms. The van der Waals surface area contributed by atoms with Gasteiger partial charge in [0.25, 0.3) is 0 Å². The van der Waals surface area contributed by atoms with Crippen LogP contribution in [0.15, 0.2) is 5.11 Å². The summed E-state index contributed by atoms with van der Waals surface area (Å²) in [5.41, 5.74) is 8.05. The van der Waals surface area contributed by atoms with E-state index in [1.54, 1.807) is 0 Å². The highest BCUT2D eigenvalue weighted by atomic mass is 16.1. The number of rotatable bonds is 4. The predicted octanol–water partition coefficient (Wildman–Crippen LogP) is 2.84. The average Bonchev–Trinajstić information content (AvgIpc) is 2.15. The quantitative estimate of drug-likeness (QED) is 0.284. The zero-order chi connectivity index (χ0) is 9.52. The van der Waals surface area contributed by atoms with Gasteiger partial charge in [0.1, 0.15) is 5.78 Å². The summed E-state index contributed by atoms with van der Waals surface area (Å²) in [7, 11) is 0. The molecule has 1 atom stereocenters. The Morgan fingerprint density at radius 1 is 1.54 bits per heavy atom. The van der Waals surface area contributed by atoms with Crippen LogP contribution in [0, 0.1) is 5.92 Å². The van der Waals surface area contributed by atoms with Gasteiger partial charge >= 0.3 is 0 Å². The van der Waals surface area contributed by atoms with Crippen LogP contribution in [0.1, 0.15) is 38.5 Å². The molecule has 0 N–H and O–H groups in total. The molecule has 4 nitrogen and oxygen atoms in total. The van der Waals surface area contributed by atoms with Crippen LogP contribution >= 0.6 is 0 Å². The molecule has 0 aliphatic heterocycles. The number of nitrogens with zero attached hydrogens (tertiary/aromatic N) is 3. The van der Waals surface area contributed by atoms with Crippen molar-refractivity contribution < 1.29 is 4.79 Å². The molecule has 1 aliphatic rings. The molecule has 72 valence electrons. The molecule has 1 aliphatic carbocycles. The van der Waals surface area contributed by atoms with E-state index >= 15 is 0 Å². The summed E-state index contributed by atoms with van der Waals surface area (Å²) in [5, 5.41) is 3.45. The number of carbonyl (C=O) groups is 1. The number of Topliss-reactive ketones (excluding diaryl/α,β-unsaturated/α-hetero) is 1. The maximum absolute atomic E-state index is 11.4. The second-order valence-electron chi connectivity index (χ2n) is 3.51. The number of hydrogen-bond donors (Lipinski definition) is 0. The second-order valence-corrected chi connectivity index (χ2v) is 3.51. The van der Waals surface area contributed by atoms with Crippen LogP contribution in [0.5, 0.6) is 0 Å². The number of ketones is 1. The lowest BCUT2D eigenvalue weighted by atomic mass is 9.85. The summed E-state index contributed by atoms with van der Waals surface area (Å²) < 4.78 is 0. The van der Waals surface area contributed by atoms with Crippen molar-refractivity contribution in [2.45, 2.75) is 38.5 Å². The van der Waals surface area contributed by atoms with Gasteiger partial charge in [-0.3, -0.25) is 4.79 Å². The molecule has 0 amide bonds. The highest BCUT2D eigenvalue weighted by Gasteiger charge is 2.20. The van der Waals surface area contributed by atoms with Crippen molar-refractivity contribution in [2.24, 2.45) is 11.0 Å². The fourth-order valence-corrected chi connectivity index (χ4v) is 1.81. The Bertz CT molecular complexity index is 221. The van der Waals surface area contributed by atoms with E-state index in [0.29, 0.717) is 12.3 Å². The standard InChI is InChI=1S/C9H15N3O/c10-12-11-7-3-5-8-4-1-2-6-9(8)13/h8H,1-7H2. The van der Waals surface area contributed by atoms with E-state index in [2.05, 4.69) is 10.0 Å². The smallest absolute Gasteiger partial charge is 0.135 e. The molecule has 0 aromatic rings. The SMILES string of the molecule is [N-]=[N+]=NCCCC1CCCCC1=O. The maximum atomic E-state index is 11.4. The predicted molar refractivity (Wildman–Crippen MR) is 50.2 cm³/mol. The fourth-order valence-electron chi connectivity index (χ4n) is 1.81. The Labute approximate surface area is 77.9 Å². The Morgan fingerprint density at radius 2 is 2.38 bits per heavy atom. The van der Waals surface area contributed by atoms with Crippen molar-refractivity contribution in [3.05, 3.63) is 10.4 Å². The maximum Gasteiger partial charge on any atom is 0.135 e. The van der Waals surface area contributed by atoms with Gasteiger partial charge in [-0.05, 0) is 31.2 Å². The minimum Gasteiger partial charge on any atom is -0.299 e. The topological polar surface area (TPSA) is 65.8 Å². The number of carbonyl (C=O) groups excluding carboxylic acids is 1. The molecule has 1 fully saturated rings. The average molecular weight is 181 g/mol. The largest absolute Gasteiger partial charge is 0.299 e. The number of azide groups is 1. The van der Waals surface area contributed by atoms with E-state index in [1.165, 1.54) is 6.42 Å². The molecule has 0 bridgehead atoms. The third-order valence-corrected chi connectivity index (χ3v) is 2.56. The van der Waals surface area contributed by atoms with Crippen molar-refractivity contribution in [1.82, 2.24) is 0 Å². The summed E-state index contributed by atoms with van der Waals surface area (Å²) in [4.78, 5) is 14.0. The van der Waals surface area contributed by atoms with Crippen molar-refractivity contribution in [2.75, 3.05) is 6.54 Å². The Balaban J connectivity index is 2.18. The first-order chi connectivity index (χ1) is 6.34. The van der Waals surface area contributed by atoms with Crippen LogP contribution in [0.25, 0.3) is 10.4 Å². The first-order valence-electron chi connectivity index (χ1n) is 4.88. The summed E-state index contributed by atoms with van der Waals surface area (Å²) in [5.74, 6) is 0.662. The molecule has 0 radical (unpaired) electrons. The first kappa shape index (κ1) is 10.1. The van der Waals surface area contributed by atoms with Crippen LogP contribution < -0.4 is 0 Å². The van der Waals surface area contributed by atoms with Crippen molar-refractivity contribution >= 4 is 5.78 Å². The molecule has 1 saturated carbocycles. The van der Waals surface area contributed by atoms with Gasteiger partial charge in [0.15, 0.2) is 0 Å². The lowest BCUT2D eigenvalue weighted by Crippen LogP contribution is -2.18. The third-order valence-electron chi connectivity index (χ3n) is 2.56. The number of hydrogen-bond acceptors (Lipinski definition) is 2. The van der Waals surface area contributed by atoms with Gasteiger partial charge in [0.05, 0.1) is 0 Å². The van der Waals surface area contributed by atoms with Gasteiger partial charge in [-0.2, -0.15) is 0 Å². The molecule has 1 unspecified atom stereocenters. The van der Waals surface area contributed by atoms with E-state index in [-0.39, 0.29) is 5.92 Å². The Kier molecular flexibility index (Phi) is 4.33. The first-order valence-corrected chi connectivity index (χ1v) is 4.88. The molecule has 4 heteroatoms. The van der Waals surface area contributed by atoms with E-state index < -0.39 is 0 Å². The summed E-state index contributed by atoms with van der Waals surface area (Å²) in [6, 6.07) is 0. The van der Waals surface area contributed by atoms with E-state index in [0.717, 1.165) is 32.1 Å². The van der Waals surface area contributed by atoms with Crippen LogP contribution in [-0.4, -0.2) is 12.3 Å². The fraction of sp³-hybridized carbons (Fsp3) is 0.889. The lowest BCUT2D eigenvalue weighted by molar-refractivity contribution is -0.124. The van der Waals surface area contributed by atoms with E-state index in [1.807, 2.05) is 0 Å². The molecule has 0 aromatic heterocycles. The van der Waals surface area contributed by atoms with Gasteiger partial charge in [-0.1, -0.05) is 11.5 Å². The molecular weight excluding hydrogens is 166 g/mol. The highest BCUT2D eigenvalue weighted by Crippen LogP contribution is 2.24. The molecule has 1 rings (SSSR count). The summed E-state index contributed by atoms with van der Waals surface area (Å²) in [6.07, 6.45) is 5.78. The zero-order valence-electron chi connectivity index (χ0n) is 7.78. The minimum atomic E-state index is 0.252. The third kappa shape index (κ3) is 3.47. The van der Waals surface area contributed by atoms with E-state index in [4.69, 9.17) is 5.53 Å². The van der Waals surface area contributed by atoms with Crippen LogP contribution in [0.3, 0.4) is 0 Å². The molecule has 0 heterocycles. The Hall–Kier alpha value is -1.02. The van der Waals surface area contributed by atoms with Gasteiger partial charge in [0, 0.05) is 23.8 Å². The van der Waals surface area contributed by atoms with Crippen molar-refractivity contribution in [3.8, 4) is 0 Å². The molecule has 0 saturated heterocycles. The summed E-state index contributed by atoms with van der Waals surface area (Å²) >= 11 is 0. The second kappa shape index (κ2) is 5.60. The molecule has 0 spiro atoms. The van der Waals surface area contributed by atoms with Gasteiger partial charge in [-0.25, -0.2) is 0 Å². The van der Waals surface area contributed by atoms with E-state index in [9.17, 15) is 4.79 Å². The lowest BCUT2D eigenvalue weighted by Gasteiger charge is -2.19. The van der Waals surface area contributed by atoms with Gasteiger partial charge in [0.2, 0.25) is 0 Å².